The Bertz CT molecular complexity index is 359. The lowest BCUT2D eigenvalue weighted by atomic mass is 10.2. The Balaban J connectivity index is 3.02. The van der Waals surface area contributed by atoms with Crippen LogP contribution in [0.4, 0.5) is 5.69 Å². The molecule has 0 spiro atoms. The van der Waals surface area contributed by atoms with Gasteiger partial charge in [-0.05, 0) is 31.8 Å². The van der Waals surface area contributed by atoms with Gasteiger partial charge in [-0.2, -0.15) is 0 Å². The molecule has 3 nitrogen and oxygen atoms in total. The van der Waals surface area contributed by atoms with Gasteiger partial charge in [0.2, 0.25) is 8.32 Å². The Kier molecular flexibility index (Phi) is 3.86. The second-order valence-corrected chi connectivity index (χ2v) is 9.37. The number of hydrogen-bond donors (Lipinski definition) is 0. The minimum atomic E-state index is -1.58. The highest BCUT2D eigenvalue weighted by atomic mass is 28.4. The van der Waals surface area contributed by atoms with Crippen LogP contribution in [0.2, 0.25) is 19.6 Å². The fourth-order valence-corrected chi connectivity index (χ4v) is 2.18. The first-order valence-electron chi connectivity index (χ1n) is 5.38. The number of nitrogens with zero attached hydrogens (tertiary/aromatic N) is 1. The minimum absolute atomic E-state index is 0.800. The second kappa shape index (κ2) is 4.78. The summed E-state index contributed by atoms with van der Waals surface area (Å²) < 4.78 is 11.3. The number of ether oxygens (including phenoxy) is 1. The van der Waals surface area contributed by atoms with E-state index in [0.29, 0.717) is 0 Å². The van der Waals surface area contributed by atoms with Gasteiger partial charge in [0.05, 0.1) is 7.11 Å². The first-order valence-corrected chi connectivity index (χ1v) is 8.78. The lowest BCUT2D eigenvalue weighted by molar-refractivity contribution is 0.392. The van der Waals surface area contributed by atoms with Crippen LogP contribution in [0.5, 0.6) is 11.5 Å². The first kappa shape index (κ1) is 12.9. The fourth-order valence-electron chi connectivity index (χ4n) is 1.35. The van der Waals surface area contributed by atoms with E-state index in [1.54, 1.807) is 7.11 Å². The molecule has 4 heteroatoms. The molecular formula is C12H21NO2Si. The molecule has 0 radical (unpaired) electrons. The number of methoxy groups -OCH3 is 1. The van der Waals surface area contributed by atoms with Crippen molar-refractivity contribution in [2.45, 2.75) is 19.6 Å². The predicted octanol–water partition coefficient (Wildman–Crippen LogP) is 2.97. The molecule has 0 amide bonds. The van der Waals surface area contributed by atoms with Crippen LogP contribution in [0, 0.1) is 0 Å². The third-order valence-corrected chi connectivity index (χ3v) is 2.91. The number of anilines is 1. The van der Waals surface area contributed by atoms with Crippen molar-refractivity contribution in [1.82, 2.24) is 0 Å². The molecule has 1 aromatic carbocycles. The molecular weight excluding hydrogens is 218 g/mol. The summed E-state index contributed by atoms with van der Waals surface area (Å²) in [7, 11) is 4.10. The summed E-state index contributed by atoms with van der Waals surface area (Å²) in [6, 6.07) is 6.01. The topological polar surface area (TPSA) is 21.7 Å². The third-order valence-electron chi connectivity index (χ3n) is 2.08. The van der Waals surface area contributed by atoms with Gasteiger partial charge in [0.25, 0.3) is 0 Å². The summed E-state index contributed by atoms with van der Waals surface area (Å²) in [4.78, 5) is 2.04. The lowest BCUT2D eigenvalue weighted by Gasteiger charge is -2.22. The number of hydrogen-bond acceptors (Lipinski definition) is 3. The van der Waals surface area contributed by atoms with Crippen molar-refractivity contribution in [3.63, 3.8) is 0 Å². The van der Waals surface area contributed by atoms with E-state index < -0.39 is 8.32 Å². The molecule has 0 saturated heterocycles. The average molecular weight is 239 g/mol. The Labute approximate surface area is 99.1 Å². The summed E-state index contributed by atoms with van der Waals surface area (Å²) in [5.74, 6) is 1.64. The highest BCUT2D eigenvalue weighted by molar-refractivity contribution is 6.70. The maximum Gasteiger partial charge on any atom is 0.242 e. The molecule has 0 N–H and O–H groups in total. The van der Waals surface area contributed by atoms with Crippen molar-refractivity contribution in [1.29, 1.82) is 0 Å². The molecule has 0 aromatic heterocycles. The highest BCUT2D eigenvalue weighted by Crippen LogP contribution is 2.32. The maximum atomic E-state index is 5.95. The van der Waals surface area contributed by atoms with Gasteiger partial charge in [0, 0.05) is 25.8 Å². The zero-order chi connectivity index (χ0) is 12.3. The number of benzene rings is 1. The van der Waals surface area contributed by atoms with Crippen molar-refractivity contribution >= 4 is 14.0 Å². The third kappa shape index (κ3) is 3.45. The molecule has 16 heavy (non-hydrogen) atoms. The van der Waals surface area contributed by atoms with Gasteiger partial charge in [0.1, 0.15) is 5.75 Å². The first-order chi connectivity index (χ1) is 7.33. The minimum Gasteiger partial charge on any atom is -0.542 e. The molecule has 0 aliphatic carbocycles. The van der Waals surface area contributed by atoms with E-state index in [4.69, 9.17) is 9.16 Å². The van der Waals surface area contributed by atoms with E-state index in [-0.39, 0.29) is 0 Å². The van der Waals surface area contributed by atoms with Crippen molar-refractivity contribution in [3.05, 3.63) is 18.2 Å². The largest absolute Gasteiger partial charge is 0.542 e. The highest BCUT2D eigenvalue weighted by Gasteiger charge is 2.18. The summed E-state index contributed by atoms with van der Waals surface area (Å²) in [5.41, 5.74) is 1.11. The lowest BCUT2D eigenvalue weighted by Crippen LogP contribution is -2.29. The Hall–Kier alpha value is -1.16. The molecule has 0 aliphatic rings. The maximum absolute atomic E-state index is 5.95. The van der Waals surface area contributed by atoms with E-state index in [0.717, 1.165) is 17.2 Å². The molecule has 1 rings (SSSR count). The van der Waals surface area contributed by atoms with Gasteiger partial charge in [0.15, 0.2) is 5.75 Å². The number of rotatable bonds is 4. The standard InChI is InChI=1S/C12H21NO2Si/c1-13(2)10-7-8-11(12(9-10)14-3)15-16(4,5)6/h7-9H,1-6H3. The van der Waals surface area contributed by atoms with Gasteiger partial charge in [-0.15, -0.1) is 0 Å². The van der Waals surface area contributed by atoms with Gasteiger partial charge in [-0.1, -0.05) is 0 Å². The molecule has 0 bridgehead atoms. The van der Waals surface area contributed by atoms with Crippen LogP contribution in [-0.4, -0.2) is 29.5 Å². The van der Waals surface area contributed by atoms with Crippen LogP contribution in [0.3, 0.4) is 0 Å². The fraction of sp³-hybridized carbons (Fsp3) is 0.500. The Morgan fingerprint density at radius 3 is 2.12 bits per heavy atom. The monoisotopic (exact) mass is 239 g/mol. The van der Waals surface area contributed by atoms with Crippen molar-refractivity contribution < 1.29 is 9.16 Å². The predicted molar refractivity (Wildman–Crippen MR) is 71.3 cm³/mol. The van der Waals surface area contributed by atoms with E-state index in [1.165, 1.54) is 0 Å². The molecule has 0 heterocycles. The summed E-state index contributed by atoms with van der Waals surface area (Å²) >= 11 is 0. The zero-order valence-electron chi connectivity index (χ0n) is 11.0. The molecule has 0 aliphatic heterocycles. The van der Waals surface area contributed by atoms with E-state index >= 15 is 0 Å². The van der Waals surface area contributed by atoms with Gasteiger partial charge >= 0.3 is 0 Å². The van der Waals surface area contributed by atoms with Crippen LogP contribution in [0.25, 0.3) is 0 Å². The Morgan fingerprint density at radius 1 is 1.06 bits per heavy atom. The van der Waals surface area contributed by atoms with Gasteiger partial charge in [-0.25, -0.2) is 0 Å². The molecule has 90 valence electrons. The molecule has 1 aromatic rings. The van der Waals surface area contributed by atoms with Crippen LogP contribution < -0.4 is 14.1 Å². The van der Waals surface area contributed by atoms with Gasteiger partial charge < -0.3 is 14.1 Å². The van der Waals surface area contributed by atoms with E-state index in [1.807, 2.05) is 37.2 Å². The van der Waals surface area contributed by atoms with Crippen LogP contribution in [0.15, 0.2) is 18.2 Å². The zero-order valence-corrected chi connectivity index (χ0v) is 12.0. The molecule has 0 fully saturated rings. The summed E-state index contributed by atoms with van der Waals surface area (Å²) in [5, 5.41) is 0. The van der Waals surface area contributed by atoms with Crippen molar-refractivity contribution in [3.8, 4) is 11.5 Å². The van der Waals surface area contributed by atoms with Crippen LogP contribution >= 0.6 is 0 Å². The summed E-state index contributed by atoms with van der Waals surface area (Å²) in [6.45, 7) is 6.48. The average Bonchev–Trinajstić information content (AvgIpc) is 2.15. The second-order valence-electron chi connectivity index (χ2n) is 4.94. The Morgan fingerprint density at radius 2 is 1.69 bits per heavy atom. The molecule has 0 atom stereocenters. The van der Waals surface area contributed by atoms with Crippen LogP contribution in [0.1, 0.15) is 0 Å². The van der Waals surface area contributed by atoms with E-state index in [2.05, 4.69) is 19.6 Å². The quantitative estimate of drug-likeness (QED) is 0.754. The molecule has 0 saturated carbocycles. The SMILES string of the molecule is COc1cc(N(C)C)ccc1O[Si](C)(C)C. The normalized spacial score (nSPS) is 11.1. The van der Waals surface area contributed by atoms with Crippen molar-refractivity contribution in [2.24, 2.45) is 0 Å². The van der Waals surface area contributed by atoms with E-state index in [9.17, 15) is 0 Å². The summed E-state index contributed by atoms with van der Waals surface area (Å²) in [6.07, 6.45) is 0. The smallest absolute Gasteiger partial charge is 0.242 e. The van der Waals surface area contributed by atoms with Gasteiger partial charge in [-0.3, -0.25) is 0 Å². The molecule has 0 unspecified atom stereocenters. The van der Waals surface area contributed by atoms with Crippen molar-refractivity contribution in [2.75, 3.05) is 26.1 Å². The van der Waals surface area contributed by atoms with Crippen LogP contribution in [-0.2, 0) is 0 Å².